The Morgan fingerprint density at radius 2 is 1.95 bits per heavy atom. The number of pyridine rings is 1. The van der Waals surface area contributed by atoms with Crippen molar-refractivity contribution in [2.24, 2.45) is 0 Å². The van der Waals surface area contributed by atoms with E-state index in [1.165, 1.54) is 11.1 Å². The number of hydrogen-bond donors (Lipinski definition) is 1. The molecule has 100 valence electrons. The average molecular weight is 256 g/mol. The van der Waals surface area contributed by atoms with E-state index in [1.54, 1.807) is 12.4 Å². The number of nitrogens with zero attached hydrogens (tertiary/aromatic N) is 1. The molecule has 3 nitrogen and oxygen atoms in total. The topological polar surface area (TPSA) is 34.1 Å². The second-order valence-corrected chi connectivity index (χ2v) is 4.70. The molecule has 0 aliphatic rings. The molecule has 1 heterocycles. The zero-order chi connectivity index (χ0) is 13.7. The Morgan fingerprint density at radius 3 is 2.63 bits per heavy atom. The molecular formula is C16H20N2O. The Morgan fingerprint density at radius 1 is 1.21 bits per heavy atom. The molecule has 2 rings (SSSR count). The maximum atomic E-state index is 5.96. The lowest BCUT2D eigenvalue weighted by Crippen LogP contribution is -2.13. The molecule has 0 amide bonds. The fourth-order valence-corrected chi connectivity index (χ4v) is 1.92. The Hall–Kier alpha value is -1.87. The summed E-state index contributed by atoms with van der Waals surface area (Å²) in [7, 11) is 1.96. The van der Waals surface area contributed by atoms with Crippen molar-refractivity contribution in [1.29, 1.82) is 0 Å². The van der Waals surface area contributed by atoms with Crippen LogP contribution in [-0.2, 0) is 6.61 Å². The minimum absolute atomic E-state index is 0.271. The molecule has 0 aliphatic carbocycles. The largest absolute Gasteiger partial charge is 0.489 e. The smallest absolute Gasteiger partial charge is 0.124 e. The third-order valence-corrected chi connectivity index (χ3v) is 3.21. The molecule has 1 unspecified atom stereocenters. The lowest BCUT2D eigenvalue weighted by molar-refractivity contribution is 0.300. The van der Waals surface area contributed by atoms with Crippen molar-refractivity contribution < 1.29 is 4.74 Å². The van der Waals surface area contributed by atoms with Crippen LogP contribution >= 0.6 is 0 Å². The van der Waals surface area contributed by atoms with Crippen LogP contribution in [0.25, 0.3) is 0 Å². The molecule has 0 aliphatic heterocycles. The van der Waals surface area contributed by atoms with Crippen LogP contribution in [0.15, 0.2) is 42.7 Å². The SMILES string of the molecule is CNC(C)c1ccc(C)cc1OCc1ccncc1. The van der Waals surface area contributed by atoms with Gasteiger partial charge in [-0.1, -0.05) is 12.1 Å². The van der Waals surface area contributed by atoms with Crippen LogP contribution in [0.2, 0.25) is 0 Å². The maximum absolute atomic E-state index is 5.96. The normalized spacial score (nSPS) is 12.2. The molecule has 1 aromatic carbocycles. The molecule has 1 atom stereocenters. The Balaban J connectivity index is 2.16. The maximum Gasteiger partial charge on any atom is 0.124 e. The molecule has 0 saturated heterocycles. The lowest BCUT2D eigenvalue weighted by Gasteiger charge is -2.17. The van der Waals surface area contributed by atoms with Gasteiger partial charge in [0.2, 0.25) is 0 Å². The minimum atomic E-state index is 0.271. The van der Waals surface area contributed by atoms with Crippen molar-refractivity contribution >= 4 is 0 Å². The highest BCUT2D eigenvalue weighted by Crippen LogP contribution is 2.26. The van der Waals surface area contributed by atoms with E-state index in [2.05, 4.69) is 42.3 Å². The van der Waals surface area contributed by atoms with Crippen molar-refractivity contribution in [3.63, 3.8) is 0 Å². The zero-order valence-corrected chi connectivity index (χ0v) is 11.7. The first-order chi connectivity index (χ1) is 9.20. The molecule has 0 spiro atoms. The van der Waals surface area contributed by atoms with Crippen molar-refractivity contribution in [2.75, 3.05) is 7.05 Å². The van der Waals surface area contributed by atoms with Crippen molar-refractivity contribution in [2.45, 2.75) is 26.5 Å². The standard InChI is InChI=1S/C16H20N2O/c1-12-4-5-15(13(2)17-3)16(10-12)19-11-14-6-8-18-9-7-14/h4-10,13,17H,11H2,1-3H3. The molecule has 0 saturated carbocycles. The fourth-order valence-electron chi connectivity index (χ4n) is 1.92. The van der Waals surface area contributed by atoms with Crippen molar-refractivity contribution in [3.8, 4) is 5.75 Å². The number of ether oxygens (including phenoxy) is 1. The average Bonchev–Trinajstić information content (AvgIpc) is 2.45. The molecule has 1 aromatic heterocycles. The van der Waals surface area contributed by atoms with Gasteiger partial charge in [0, 0.05) is 24.0 Å². The molecule has 1 N–H and O–H groups in total. The van der Waals surface area contributed by atoms with Crippen LogP contribution in [-0.4, -0.2) is 12.0 Å². The van der Waals surface area contributed by atoms with Gasteiger partial charge in [0.1, 0.15) is 12.4 Å². The van der Waals surface area contributed by atoms with Gasteiger partial charge in [-0.3, -0.25) is 4.98 Å². The van der Waals surface area contributed by atoms with E-state index < -0.39 is 0 Å². The first-order valence-corrected chi connectivity index (χ1v) is 6.50. The molecule has 3 heteroatoms. The zero-order valence-electron chi connectivity index (χ0n) is 11.7. The number of hydrogen-bond acceptors (Lipinski definition) is 3. The summed E-state index contributed by atoms with van der Waals surface area (Å²) in [4.78, 5) is 4.01. The number of rotatable bonds is 5. The summed E-state index contributed by atoms with van der Waals surface area (Å²) < 4.78 is 5.96. The summed E-state index contributed by atoms with van der Waals surface area (Å²) in [6, 6.07) is 10.5. The van der Waals surface area contributed by atoms with Gasteiger partial charge in [-0.25, -0.2) is 0 Å². The van der Waals surface area contributed by atoms with Crippen LogP contribution in [0, 0.1) is 6.92 Å². The predicted octanol–water partition coefficient (Wildman–Crippen LogP) is 3.25. The van der Waals surface area contributed by atoms with Gasteiger partial charge in [0.15, 0.2) is 0 Å². The van der Waals surface area contributed by atoms with E-state index in [1.807, 2.05) is 19.2 Å². The van der Waals surface area contributed by atoms with Gasteiger partial charge in [-0.15, -0.1) is 0 Å². The van der Waals surface area contributed by atoms with Crippen LogP contribution in [0.1, 0.15) is 29.7 Å². The number of aryl methyl sites for hydroxylation is 1. The van der Waals surface area contributed by atoms with Crippen molar-refractivity contribution in [1.82, 2.24) is 10.3 Å². The summed E-state index contributed by atoms with van der Waals surface area (Å²) in [6.45, 7) is 4.77. The highest BCUT2D eigenvalue weighted by molar-refractivity contribution is 5.39. The minimum Gasteiger partial charge on any atom is -0.489 e. The van der Waals surface area contributed by atoms with Gasteiger partial charge in [0.05, 0.1) is 0 Å². The van der Waals surface area contributed by atoms with Gasteiger partial charge in [0.25, 0.3) is 0 Å². The van der Waals surface area contributed by atoms with Gasteiger partial charge < -0.3 is 10.1 Å². The van der Waals surface area contributed by atoms with E-state index in [9.17, 15) is 0 Å². The molecule has 0 bridgehead atoms. The Kier molecular flexibility index (Phi) is 4.53. The monoisotopic (exact) mass is 256 g/mol. The lowest BCUT2D eigenvalue weighted by atomic mass is 10.1. The molecule has 0 radical (unpaired) electrons. The summed E-state index contributed by atoms with van der Waals surface area (Å²) in [5.41, 5.74) is 3.51. The van der Waals surface area contributed by atoms with E-state index >= 15 is 0 Å². The van der Waals surface area contributed by atoms with Crippen LogP contribution < -0.4 is 10.1 Å². The second-order valence-electron chi connectivity index (χ2n) is 4.70. The summed E-state index contributed by atoms with van der Waals surface area (Å²) in [5, 5.41) is 3.25. The van der Waals surface area contributed by atoms with E-state index in [-0.39, 0.29) is 6.04 Å². The molecular weight excluding hydrogens is 236 g/mol. The Bertz CT molecular complexity index is 526. The second kappa shape index (κ2) is 6.34. The van der Waals surface area contributed by atoms with Crippen molar-refractivity contribution in [3.05, 3.63) is 59.4 Å². The third-order valence-electron chi connectivity index (χ3n) is 3.21. The molecule has 0 fully saturated rings. The first kappa shape index (κ1) is 13.6. The summed E-state index contributed by atoms with van der Waals surface area (Å²) >= 11 is 0. The highest BCUT2D eigenvalue weighted by Gasteiger charge is 2.10. The number of nitrogens with one attached hydrogen (secondary N) is 1. The van der Waals surface area contributed by atoms with Gasteiger partial charge in [-0.2, -0.15) is 0 Å². The van der Waals surface area contributed by atoms with Crippen LogP contribution in [0.4, 0.5) is 0 Å². The predicted molar refractivity (Wildman–Crippen MR) is 77.2 cm³/mol. The van der Waals surface area contributed by atoms with Crippen LogP contribution in [0.5, 0.6) is 5.75 Å². The Labute approximate surface area is 114 Å². The van der Waals surface area contributed by atoms with E-state index in [4.69, 9.17) is 4.74 Å². The van der Waals surface area contributed by atoms with Crippen LogP contribution in [0.3, 0.4) is 0 Å². The van der Waals surface area contributed by atoms with E-state index in [0.29, 0.717) is 6.61 Å². The third kappa shape index (κ3) is 3.55. The summed E-state index contributed by atoms with van der Waals surface area (Å²) in [5.74, 6) is 0.943. The quantitative estimate of drug-likeness (QED) is 0.891. The highest BCUT2D eigenvalue weighted by atomic mass is 16.5. The fraction of sp³-hybridized carbons (Fsp3) is 0.312. The first-order valence-electron chi connectivity index (χ1n) is 6.50. The molecule has 19 heavy (non-hydrogen) atoms. The summed E-state index contributed by atoms with van der Waals surface area (Å²) in [6.07, 6.45) is 3.57. The molecule has 2 aromatic rings. The van der Waals surface area contributed by atoms with Gasteiger partial charge in [-0.05, 0) is 50.2 Å². The van der Waals surface area contributed by atoms with Gasteiger partial charge >= 0.3 is 0 Å². The van der Waals surface area contributed by atoms with E-state index in [0.717, 1.165) is 11.3 Å². The number of aromatic nitrogens is 1. The number of benzene rings is 1.